The van der Waals surface area contributed by atoms with Crippen molar-refractivity contribution in [3.8, 4) is 27.9 Å². The zero-order valence-corrected chi connectivity index (χ0v) is 21.5. The number of fused-ring (bicyclic) bond motifs is 6. The van der Waals surface area contributed by atoms with Crippen LogP contribution in [0.25, 0.3) is 69.9 Å². The molecule has 8 aromatic rings. The normalized spacial score (nSPS) is 11.7. The molecule has 2 heterocycles. The molecule has 0 atom stereocenters. The van der Waals surface area contributed by atoms with Crippen LogP contribution in [-0.4, -0.2) is 4.57 Å². The summed E-state index contributed by atoms with van der Waals surface area (Å²) in [6, 6.07) is 50.7. The van der Waals surface area contributed by atoms with Gasteiger partial charge in [0.2, 0.25) is 0 Å². The molecule has 0 aliphatic carbocycles. The van der Waals surface area contributed by atoms with Gasteiger partial charge in [0.25, 0.3) is 0 Å². The molecule has 178 valence electrons. The number of thiophene rings is 1. The van der Waals surface area contributed by atoms with E-state index in [0.29, 0.717) is 0 Å². The fourth-order valence-corrected chi connectivity index (χ4v) is 6.85. The van der Waals surface area contributed by atoms with Gasteiger partial charge in [-0.2, -0.15) is 0 Å². The Hall–Kier alpha value is -4.66. The molecule has 0 aliphatic rings. The first-order chi connectivity index (χ1) is 18.8. The number of rotatable bonds is 3. The van der Waals surface area contributed by atoms with Crippen molar-refractivity contribution in [2.24, 2.45) is 0 Å². The highest BCUT2D eigenvalue weighted by Crippen LogP contribution is 2.38. The maximum atomic E-state index is 2.36. The van der Waals surface area contributed by atoms with Crippen LogP contribution in [0.5, 0.6) is 0 Å². The summed E-state index contributed by atoms with van der Waals surface area (Å²) in [7, 11) is 0. The third-order valence-corrected chi connectivity index (χ3v) is 8.77. The van der Waals surface area contributed by atoms with Crippen molar-refractivity contribution in [3.05, 3.63) is 140 Å². The lowest BCUT2D eigenvalue weighted by Gasteiger charge is -2.09. The Morgan fingerprint density at radius 2 is 0.921 bits per heavy atom. The summed E-state index contributed by atoms with van der Waals surface area (Å²) in [5, 5.41) is 5.24. The Balaban J connectivity index is 1.22. The monoisotopic (exact) mass is 501 g/mol. The summed E-state index contributed by atoms with van der Waals surface area (Å²) in [6.45, 7) is 0. The van der Waals surface area contributed by atoms with Gasteiger partial charge in [-0.15, -0.1) is 11.3 Å². The van der Waals surface area contributed by atoms with Crippen molar-refractivity contribution >= 4 is 53.3 Å². The Labute approximate surface area is 224 Å². The van der Waals surface area contributed by atoms with E-state index in [-0.39, 0.29) is 0 Å². The third kappa shape index (κ3) is 3.31. The second kappa shape index (κ2) is 8.44. The summed E-state index contributed by atoms with van der Waals surface area (Å²) in [4.78, 5) is 0. The zero-order chi connectivity index (χ0) is 25.1. The lowest BCUT2D eigenvalue weighted by Crippen LogP contribution is -1.92. The molecule has 0 fully saturated rings. The van der Waals surface area contributed by atoms with E-state index in [1.807, 2.05) is 11.3 Å². The van der Waals surface area contributed by atoms with E-state index in [2.05, 4.69) is 144 Å². The molecular formula is C36H23NS. The molecule has 0 spiro atoms. The number of hydrogen-bond acceptors (Lipinski definition) is 1. The lowest BCUT2D eigenvalue weighted by atomic mass is 9.98. The quantitative estimate of drug-likeness (QED) is 0.227. The first-order valence-electron chi connectivity index (χ1n) is 12.9. The van der Waals surface area contributed by atoms with E-state index in [4.69, 9.17) is 0 Å². The maximum absolute atomic E-state index is 2.36. The standard InChI is InChI=1S/C36H23NS/c1-2-8-28(9-3-1)37-33-12-6-4-10-29(33)31-22-26(18-20-34(31)37)24-14-16-25(17-15-24)27-19-21-36-32(23-27)30-11-5-7-13-35(30)38-36/h1-23H. The minimum atomic E-state index is 1.19. The molecule has 0 saturated heterocycles. The van der Waals surface area contributed by atoms with Crippen LogP contribution in [0.4, 0.5) is 0 Å². The van der Waals surface area contributed by atoms with Gasteiger partial charge in [-0.3, -0.25) is 0 Å². The molecule has 0 N–H and O–H groups in total. The SMILES string of the molecule is c1ccc(-n2c3ccccc3c3cc(-c4ccc(-c5ccc6sc7ccccc7c6c5)cc4)ccc32)cc1. The first kappa shape index (κ1) is 21.4. The number of benzene rings is 6. The average Bonchev–Trinajstić information content (AvgIpc) is 3.53. The van der Waals surface area contributed by atoms with Crippen LogP contribution >= 0.6 is 11.3 Å². The second-order valence-electron chi connectivity index (χ2n) is 9.81. The van der Waals surface area contributed by atoms with Crippen LogP contribution in [-0.2, 0) is 0 Å². The van der Waals surface area contributed by atoms with E-state index in [1.165, 1.54) is 69.9 Å². The third-order valence-electron chi connectivity index (χ3n) is 7.62. The van der Waals surface area contributed by atoms with E-state index in [9.17, 15) is 0 Å². The van der Waals surface area contributed by atoms with Gasteiger partial charge in [-0.1, -0.05) is 91.0 Å². The van der Waals surface area contributed by atoms with Gasteiger partial charge in [0.15, 0.2) is 0 Å². The first-order valence-corrected chi connectivity index (χ1v) is 13.8. The van der Waals surface area contributed by atoms with Gasteiger partial charge >= 0.3 is 0 Å². The van der Waals surface area contributed by atoms with Crippen molar-refractivity contribution in [1.29, 1.82) is 0 Å². The van der Waals surface area contributed by atoms with E-state index >= 15 is 0 Å². The number of hydrogen-bond donors (Lipinski definition) is 0. The molecule has 0 unspecified atom stereocenters. The number of para-hydroxylation sites is 2. The van der Waals surface area contributed by atoms with Crippen molar-refractivity contribution in [3.63, 3.8) is 0 Å². The van der Waals surface area contributed by atoms with E-state index in [0.717, 1.165) is 0 Å². The molecule has 0 radical (unpaired) electrons. The second-order valence-corrected chi connectivity index (χ2v) is 10.9. The highest BCUT2D eigenvalue weighted by atomic mass is 32.1. The van der Waals surface area contributed by atoms with Gasteiger partial charge in [-0.25, -0.2) is 0 Å². The smallest absolute Gasteiger partial charge is 0.0541 e. The lowest BCUT2D eigenvalue weighted by molar-refractivity contribution is 1.18. The molecule has 0 aliphatic heterocycles. The number of aromatic nitrogens is 1. The van der Waals surface area contributed by atoms with Crippen LogP contribution < -0.4 is 0 Å². The fraction of sp³-hybridized carbons (Fsp3) is 0. The Morgan fingerprint density at radius 1 is 0.368 bits per heavy atom. The van der Waals surface area contributed by atoms with Gasteiger partial charge in [0, 0.05) is 36.6 Å². The summed E-state index contributed by atoms with van der Waals surface area (Å²) in [6.07, 6.45) is 0. The predicted molar refractivity (Wildman–Crippen MR) is 165 cm³/mol. The molecule has 8 rings (SSSR count). The largest absolute Gasteiger partial charge is 0.309 e. The predicted octanol–water partition coefficient (Wildman–Crippen LogP) is 10.5. The Morgan fingerprint density at radius 3 is 1.71 bits per heavy atom. The van der Waals surface area contributed by atoms with Crippen molar-refractivity contribution in [2.45, 2.75) is 0 Å². The Kier molecular flexibility index (Phi) is 4.76. The van der Waals surface area contributed by atoms with Crippen LogP contribution in [0.15, 0.2) is 140 Å². The molecule has 2 aromatic heterocycles. The molecule has 0 saturated carbocycles. The average molecular weight is 502 g/mol. The van der Waals surface area contributed by atoms with Gasteiger partial charge in [0.05, 0.1) is 11.0 Å². The van der Waals surface area contributed by atoms with E-state index in [1.54, 1.807) is 0 Å². The van der Waals surface area contributed by atoms with Crippen LogP contribution in [0.3, 0.4) is 0 Å². The Bertz CT molecular complexity index is 2110. The van der Waals surface area contributed by atoms with Crippen molar-refractivity contribution in [1.82, 2.24) is 4.57 Å². The molecule has 1 nitrogen and oxygen atoms in total. The molecule has 38 heavy (non-hydrogen) atoms. The summed E-state index contributed by atoms with van der Waals surface area (Å²) >= 11 is 1.87. The molecule has 6 aromatic carbocycles. The molecular weight excluding hydrogens is 478 g/mol. The van der Waals surface area contributed by atoms with Gasteiger partial charge in [-0.05, 0) is 70.8 Å². The topological polar surface area (TPSA) is 4.93 Å². The molecule has 2 heteroatoms. The fourth-order valence-electron chi connectivity index (χ4n) is 5.77. The van der Waals surface area contributed by atoms with E-state index < -0.39 is 0 Å². The number of nitrogens with zero attached hydrogens (tertiary/aromatic N) is 1. The maximum Gasteiger partial charge on any atom is 0.0541 e. The highest BCUT2D eigenvalue weighted by Gasteiger charge is 2.13. The zero-order valence-electron chi connectivity index (χ0n) is 20.6. The van der Waals surface area contributed by atoms with Gasteiger partial charge < -0.3 is 4.57 Å². The van der Waals surface area contributed by atoms with Crippen LogP contribution in [0.2, 0.25) is 0 Å². The minimum absolute atomic E-state index is 1.19. The highest BCUT2D eigenvalue weighted by molar-refractivity contribution is 7.25. The summed E-state index contributed by atoms with van der Waals surface area (Å²) < 4.78 is 5.05. The van der Waals surface area contributed by atoms with Crippen LogP contribution in [0.1, 0.15) is 0 Å². The molecule has 0 bridgehead atoms. The summed E-state index contributed by atoms with van der Waals surface area (Å²) in [5.41, 5.74) is 8.62. The van der Waals surface area contributed by atoms with Crippen LogP contribution in [0, 0.1) is 0 Å². The van der Waals surface area contributed by atoms with Crippen molar-refractivity contribution in [2.75, 3.05) is 0 Å². The minimum Gasteiger partial charge on any atom is -0.309 e. The van der Waals surface area contributed by atoms with Gasteiger partial charge in [0.1, 0.15) is 0 Å². The van der Waals surface area contributed by atoms with Crippen molar-refractivity contribution < 1.29 is 0 Å². The molecule has 0 amide bonds. The summed E-state index contributed by atoms with van der Waals surface area (Å²) in [5.74, 6) is 0.